The summed E-state index contributed by atoms with van der Waals surface area (Å²) in [6.45, 7) is 9.35. The van der Waals surface area contributed by atoms with Gasteiger partial charge in [0.1, 0.15) is 0 Å². The number of aryl methyl sites for hydroxylation is 1. The second-order valence-electron chi connectivity index (χ2n) is 7.21. The molecule has 3 unspecified atom stereocenters. The molecule has 20 heavy (non-hydrogen) atoms. The summed E-state index contributed by atoms with van der Waals surface area (Å²) in [4.78, 5) is 0. The number of rotatable bonds is 4. The summed E-state index contributed by atoms with van der Waals surface area (Å²) in [6.07, 6.45) is 6.15. The zero-order valence-electron chi connectivity index (χ0n) is 13.5. The molecule has 3 atom stereocenters. The van der Waals surface area contributed by atoms with Gasteiger partial charge in [-0.1, -0.05) is 64.8 Å². The molecule has 1 saturated carbocycles. The van der Waals surface area contributed by atoms with Crippen LogP contribution in [0.2, 0.25) is 0 Å². The molecule has 1 aliphatic rings. The van der Waals surface area contributed by atoms with Crippen molar-refractivity contribution in [2.75, 3.05) is 0 Å². The van der Waals surface area contributed by atoms with Crippen LogP contribution in [-0.2, 0) is 11.8 Å². The molecule has 0 amide bonds. The van der Waals surface area contributed by atoms with Crippen LogP contribution in [0.3, 0.4) is 0 Å². The molecule has 1 aliphatic carbocycles. The lowest BCUT2D eigenvalue weighted by atomic mass is 9.65. The maximum atomic E-state index is 6.71. The number of hydrogen-bond donors (Lipinski definition) is 0. The van der Waals surface area contributed by atoms with Gasteiger partial charge in [-0.25, -0.2) is 0 Å². The molecule has 0 bridgehead atoms. The molecule has 112 valence electrons. The fraction of sp³-hybridized carbons (Fsp3) is 0.684. The van der Waals surface area contributed by atoms with Crippen molar-refractivity contribution in [3.8, 4) is 0 Å². The average Bonchev–Trinajstić information content (AvgIpc) is 2.39. The first kappa shape index (κ1) is 15.9. The van der Waals surface area contributed by atoms with Crippen molar-refractivity contribution in [3.05, 3.63) is 35.4 Å². The van der Waals surface area contributed by atoms with Gasteiger partial charge in [-0.2, -0.15) is 0 Å². The summed E-state index contributed by atoms with van der Waals surface area (Å²) >= 11 is 6.71. The Labute approximate surface area is 129 Å². The van der Waals surface area contributed by atoms with Crippen LogP contribution >= 0.6 is 11.6 Å². The Morgan fingerprint density at radius 3 is 2.65 bits per heavy atom. The van der Waals surface area contributed by atoms with E-state index >= 15 is 0 Å². The maximum absolute atomic E-state index is 6.71. The summed E-state index contributed by atoms with van der Waals surface area (Å²) in [5.41, 5.74) is 3.11. The van der Waals surface area contributed by atoms with Gasteiger partial charge in [0.05, 0.1) is 0 Å². The molecule has 0 saturated heterocycles. The molecule has 0 heterocycles. The standard InChI is InChI=1S/C19H29Cl/c1-5-7-15-8-6-9-16(13-15)19(3,4)17-11-10-14(2)12-18(17)20/h6,8-9,13-14,17-18H,5,7,10-12H2,1-4H3. The number of hydrogen-bond acceptors (Lipinski definition) is 0. The van der Waals surface area contributed by atoms with E-state index in [4.69, 9.17) is 11.6 Å². The van der Waals surface area contributed by atoms with Crippen LogP contribution in [0.5, 0.6) is 0 Å². The van der Waals surface area contributed by atoms with Crippen LogP contribution in [0.25, 0.3) is 0 Å². The van der Waals surface area contributed by atoms with Gasteiger partial charge in [0, 0.05) is 5.38 Å². The molecule has 0 spiro atoms. The van der Waals surface area contributed by atoms with Crippen molar-refractivity contribution in [1.29, 1.82) is 0 Å². The van der Waals surface area contributed by atoms with E-state index in [0.29, 0.717) is 11.3 Å². The van der Waals surface area contributed by atoms with Crippen molar-refractivity contribution in [3.63, 3.8) is 0 Å². The second kappa shape index (κ2) is 6.52. The highest BCUT2D eigenvalue weighted by Crippen LogP contribution is 2.44. The maximum Gasteiger partial charge on any atom is 0.0375 e. The minimum atomic E-state index is 0.177. The van der Waals surface area contributed by atoms with Crippen molar-refractivity contribution >= 4 is 11.6 Å². The zero-order valence-corrected chi connectivity index (χ0v) is 14.2. The lowest BCUT2D eigenvalue weighted by molar-refractivity contribution is 0.207. The van der Waals surface area contributed by atoms with Gasteiger partial charge in [-0.15, -0.1) is 11.6 Å². The highest BCUT2D eigenvalue weighted by Gasteiger charge is 2.39. The molecule has 2 rings (SSSR count). The lowest BCUT2D eigenvalue weighted by Crippen LogP contribution is -2.38. The van der Waals surface area contributed by atoms with E-state index in [2.05, 4.69) is 52.0 Å². The zero-order chi connectivity index (χ0) is 14.8. The molecule has 0 nitrogen and oxygen atoms in total. The van der Waals surface area contributed by atoms with E-state index in [-0.39, 0.29) is 5.41 Å². The third-order valence-corrected chi connectivity index (χ3v) is 5.65. The Morgan fingerprint density at radius 1 is 1.25 bits per heavy atom. The SMILES string of the molecule is CCCc1cccc(C(C)(C)C2CCC(C)CC2Cl)c1. The number of halogens is 1. The Morgan fingerprint density at radius 2 is 2.00 bits per heavy atom. The van der Waals surface area contributed by atoms with E-state index in [1.165, 1.54) is 43.2 Å². The summed E-state index contributed by atoms with van der Waals surface area (Å²) in [5, 5.41) is 0.323. The summed E-state index contributed by atoms with van der Waals surface area (Å²) in [5.74, 6) is 1.38. The van der Waals surface area contributed by atoms with Crippen molar-refractivity contribution < 1.29 is 0 Å². The molecule has 0 aliphatic heterocycles. The molecule has 1 heteroatoms. The Kier molecular flexibility index (Phi) is 5.18. The van der Waals surface area contributed by atoms with E-state index in [0.717, 1.165) is 5.92 Å². The predicted octanol–water partition coefficient (Wildman–Crippen LogP) is 5.96. The van der Waals surface area contributed by atoms with E-state index in [1.807, 2.05) is 0 Å². The summed E-state index contributed by atoms with van der Waals surface area (Å²) in [6, 6.07) is 9.17. The van der Waals surface area contributed by atoms with E-state index in [1.54, 1.807) is 0 Å². The van der Waals surface area contributed by atoms with Crippen LogP contribution in [0.4, 0.5) is 0 Å². The molecule has 1 aromatic rings. The third-order valence-electron chi connectivity index (χ3n) is 5.17. The number of alkyl halides is 1. The van der Waals surface area contributed by atoms with Gasteiger partial charge in [0.25, 0.3) is 0 Å². The quantitative estimate of drug-likeness (QED) is 0.601. The average molecular weight is 293 g/mol. The van der Waals surface area contributed by atoms with Gasteiger partial charge >= 0.3 is 0 Å². The van der Waals surface area contributed by atoms with Crippen molar-refractivity contribution in [1.82, 2.24) is 0 Å². The highest BCUT2D eigenvalue weighted by atomic mass is 35.5. The first-order valence-corrected chi connectivity index (χ1v) is 8.62. The molecule has 0 radical (unpaired) electrons. The fourth-order valence-electron chi connectivity index (χ4n) is 3.75. The molecule has 0 N–H and O–H groups in total. The first-order valence-electron chi connectivity index (χ1n) is 8.18. The molecule has 1 fully saturated rings. The second-order valence-corrected chi connectivity index (χ2v) is 7.77. The molecular weight excluding hydrogens is 264 g/mol. The highest BCUT2D eigenvalue weighted by molar-refractivity contribution is 6.20. The Bertz CT molecular complexity index is 435. The normalized spacial score (nSPS) is 27.6. The van der Waals surface area contributed by atoms with Crippen LogP contribution in [-0.4, -0.2) is 5.38 Å². The van der Waals surface area contributed by atoms with Gasteiger partial charge in [0.15, 0.2) is 0 Å². The molecule has 1 aromatic carbocycles. The Balaban J connectivity index is 2.22. The predicted molar refractivity (Wildman–Crippen MR) is 89.6 cm³/mol. The lowest BCUT2D eigenvalue weighted by Gasteiger charge is -2.42. The molecule has 0 aromatic heterocycles. The summed E-state index contributed by atoms with van der Waals surface area (Å²) < 4.78 is 0. The molecular formula is C19H29Cl. The summed E-state index contributed by atoms with van der Waals surface area (Å²) in [7, 11) is 0. The van der Waals surface area contributed by atoms with Gasteiger partial charge in [-0.05, 0) is 47.6 Å². The van der Waals surface area contributed by atoms with Crippen molar-refractivity contribution in [2.24, 2.45) is 11.8 Å². The largest absolute Gasteiger partial charge is 0.123 e. The van der Waals surface area contributed by atoms with Crippen LogP contribution in [0.15, 0.2) is 24.3 Å². The van der Waals surface area contributed by atoms with Gasteiger partial charge in [0.2, 0.25) is 0 Å². The van der Waals surface area contributed by atoms with Crippen LogP contribution < -0.4 is 0 Å². The first-order chi connectivity index (χ1) is 9.45. The van der Waals surface area contributed by atoms with E-state index < -0.39 is 0 Å². The van der Waals surface area contributed by atoms with Gasteiger partial charge in [-0.3, -0.25) is 0 Å². The van der Waals surface area contributed by atoms with Crippen LogP contribution in [0, 0.1) is 11.8 Å². The smallest absolute Gasteiger partial charge is 0.0375 e. The van der Waals surface area contributed by atoms with Crippen LogP contribution in [0.1, 0.15) is 64.5 Å². The topological polar surface area (TPSA) is 0 Å². The fourth-order valence-corrected chi connectivity index (χ4v) is 4.50. The monoisotopic (exact) mass is 292 g/mol. The number of benzene rings is 1. The van der Waals surface area contributed by atoms with Gasteiger partial charge < -0.3 is 0 Å². The third kappa shape index (κ3) is 3.39. The van der Waals surface area contributed by atoms with Crippen molar-refractivity contribution in [2.45, 2.75) is 70.6 Å². The minimum absolute atomic E-state index is 0.177. The van der Waals surface area contributed by atoms with E-state index in [9.17, 15) is 0 Å². The minimum Gasteiger partial charge on any atom is -0.123 e. The Hall–Kier alpha value is -0.490.